The summed E-state index contributed by atoms with van der Waals surface area (Å²) in [5.74, 6) is 2.67. The molecule has 3 aromatic rings. The molecule has 0 saturated carbocycles. The van der Waals surface area contributed by atoms with Crippen LogP contribution in [0.2, 0.25) is 0 Å². The maximum absolute atomic E-state index is 5.34. The van der Waals surface area contributed by atoms with Crippen molar-refractivity contribution >= 4 is 5.78 Å². The zero-order valence-corrected chi connectivity index (χ0v) is 12.4. The van der Waals surface area contributed by atoms with Crippen LogP contribution >= 0.6 is 0 Å². The summed E-state index contributed by atoms with van der Waals surface area (Å²) < 4.78 is 12.5. The van der Waals surface area contributed by atoms with E-state index in [0.29, 0.717) is 17.3 Å². The number of aryl methyl sites for hydroxylation is 2. The molecule has 6 heteroatoms. The van der Waals surface area contributed by atoms with Crippen molar-refractivity contribution in [3.05, 3.63) is 35.7 Å². The fourth-order valence-electron chi connectivity index (χ4n) is 2.39. The zero-order chi connectivity index (χ0) is 15.0. The Hall–Kier alpha value is -2.63. The predicted octanol–water partition coefficient (Wildman–Crippen LogP) is 2.43. The van der Waals surface area contributed by atoms with Crippen LogP contribution in [0.1, 0.15) is 11.4 Å². The van der Waals surface area contributed by atoms with Crippen molar-refractivity contribution in [3.8, 4) is 22.9 Å². The van der Waals surface area contributed by atoms with Gasteiger partial charge in [0, 0.05) is 17.0 Å². The first kappa shape index (κ1) is 13.4. The number of methoxy groups -OCH3 is 2. The Bertz CT molecular complexity index is 811. The van der Waals surface area contributed by atoms with Crippen LogP contribution in [0.25, 0.3) is 17.2 Å². The Morgan fingerprint density at radius 1 is 0.952 bits per heavy atom. The number of ether oxygens (including phenoxy) is 2. The summed E-state index contributed by atoms with van der Waals surface area (Å²) in [6.07, 6.45) is 0. The van der Waals surface area contributed by atoms with E-state index in [1.54, 1.807) is 14.2 Å². The molecule has 21 heavy (non-hydrogen) atoms. The number of aromatic nitrogens is 4. The van der Waals surface area contributed by atoms with E-state index in [9.17, 15) is 0 Å². The average molecular weight is 284 g/mol. The molecule has 2 aromatic heterocycles. The Labute approximate surface area is 122 Å². The zero-order valence-electron chi connectivity index (χ0n) is 12.4. The minimum absolute atomic E-state index is 0.595. The summed E-state index contributed by atoms with van der Waals surface area (Å²) in [5, 5.41) is 8.40. The molecule has 0 radical (unpaired) electrons. The second-order valence-electron chi connectivity index (χ2n) is 4.77. The van der Waals surface area contributed by atoms with Gasteiger partial charge in [0.15, 0.2) is 17.3 Å². The summed E-state index contributed by atoms with van der Waals surface area (Å²) in [7, 11) is 3.22. The lowest BCUT2D eigenvalue weighted by atomic mass is 10.2. The van der Waals surface area contributed by atoms with E-state index in [0.717, 1.165) is 22.8 Å². The molecule has 0 aliphatic heterocycles. The van der Waals surface area contributed by atoms with Crippen molar-refractivity contribution < 1.29 is 9.47 Å². The molecular weight excluding hydrogens is 268 g/mol. The van der Waals surface area contributed by atoms with Gasteiger partial charge in [-0.2, -0.15) is 0 Å². The predicted molar refractivity (Wildman–Crippen MR) is 78.8 cm³/mol. The monoisotopic (exact) mass is 284 g/mol. The molecular formula is C15H16N4O2. The van der Waals surface area contributed by atoms with E-state index in [2.05, 4.69) is 15.2 Å². The molecule has 1 aromatic carbocycles. The standard InChI is InChI=1S/C15H16N4O2/c1-9-7-10(2)19-14(17-18-15(19)16-9)11-5-6-12(20-3)13(8-11)21-4/h5-8H,1-4H3. The topological polar surface area (TPSA) is 61.5 Å². The lowest BCUT2D eigenvalue weighted by Gasteiger charge is -2.09. The summed E-state index contributed by atoms with van der Waals surface area (Å²) >= 11 is 0. The molecule has 0 aliphatic rings. The van der Waals surface area contributed by atoms with Gasteiger partial charge in [-0.3, -0.25) is 4.40 Å². The first-order valence-corrected chi connectivity index (χ1v) is 6.56. The van der Waals surface area contributed by atoms with Gasteiger partial charge in [0.25, 0.3) is 5.78 Å². The molecule has 108 valence electrons. The van der Waals surface area contributed by atoms with Crippen LogP contribution < -0.4 is 9.47 Å². The minimum atomic E-state index is 0.595. The third kappa shape index (κ3) is 2.18. The fourth-order valence-corrected chi connectivity index (χ4v) is 2.39. The van der Waals surface area contributed by atoms with E-state index in [-0.39, 0.29) is 0 Å². The summed E-state index contributed by atoms with van der Waals surface area (Å²) in [5.41, 5.74) is 2.85. The number of rotatable bonds is 3. The van der Waals surface area contributed by atoms with Gasteiger partial charge >= 0.3 is 0 Å². The van der Waals surface area contributed by atoms with Crippen molar-refractivity contribution in [2.75, 3.05) is 14.2 Å². The van der Waals surface area contributed by atoms with Crippen LogP contribution in [-0.2, 0) is 0 Å². The van der Waals surface area contributed by atoms with Gasteiger partial charge in [-0.1, -0.05) is 0 Å². The normalized spacial score (nSPS) is 10.9. The van der Waals surface area contributed by atoms with Gasteiger partial charge in [-0.05, 0) is 38.1 Å². The lowest BCUT2D eigenvalue weighted by Crippen LogP contribution is -1.99. The molecule has 2 heterocycles. The largest absolute Gasteiger partial charge is 0.493 e. The average Bonchev–Trinajstić information content (AvgIpc) is 2.90. The highest BCUT2D eigenvalue weighted by atomic mass is 16.5. The van der Waals surface area contributed by atoms with Crippen LogP contribution in [0, 0.1) is 13.8 Å². The maximum atomic E-state index is 5.34. The lowest BCUT2D eigenvalue weighted by molar-refractivity contribution is 0.355. The smallest absolute Gasteiger partial charge is 0.255 e. The Kier molecular flexibility index (Phi) is 3.21. The molecule has 0 spiro atoms. The Morgan fingerprint density at radius 3 is 2.43 bits per heavy atom. The van der Waals surface area contributed by atoms with Crippen LogP contribution in [0.15, 0.2) is 24.3 Å². The summed E-state index contributed by atoms with van der Waals surface area (Å²) in [6, 6.07) is 7.67. The third-order valence-electron chi connectivity index (χ3n) is 3.33. The molecule has 0 fully saturated rings. The van der Waals surface area contributed by atoms with Crippen molar-refractivity contribution in [1.82, 2.24) is 19.6 Å². The van der Waals surface area contributed by atoms with E-state index in [4.69, 9.17) is 9.47 Å². The second-order valence-corrected chi connectivity index (χ2v) is 4.77. The summed E-state index contributed by atoms with van der Waals surface area (Å²) in [4.78, 5) is 4.39. The Balaban J connectivity index is 2.21. The molecule has 0 unspecified atom stereocenters. The molecule has 0 bridgehead atoms. The first-order valence-electron chi connectivity index (χ1n) is 6.56. The van der Waals surface area contributed by atoms with E-state index in [1.165, 1.54) is 0 Å². The number of hydrogen-bond donors (Lipinski definition) is 0. The number of fused-ring (bicyclic) bond motifs is 1. The minimum Gasteiger partial charge on any atom is -0.493 e. The molecule has 0 N–H and O–H groups in total. The van der Waals surface area contributed by atoms with E-state index in [1.807, 2.05) is 42.5 Å². The van der Waals surface area contributed by atoms with Gasteiger partial charge in [0.05, 0.1) is 14.2 Å². The van der Waals surface area contributed by atoms with Gasteiger partial charge < -0.3 is 9.47 Å². The van der Waals surface area contributed by atoms with Gasteiger partial charge in [-0.15, -0.1) is 10.2 Å². The number of benzene rings is 1. The first-order chi connectivity index (χ1) is 10.1. The van der Waals surface area contributed by atoms with Gasteiger partial charge in [-0.25, -0.2) is 4.98 Å². The fraction of sp³-hybridized carbons (Fsp3) is 0.267. The highest BCUT2D eigenvalue weighted by Gasteiger charge is 2.14. The van der Waals surface area contributed by atoms with Gasteiger partial charge in [0.2, 0.25) is 0 Å². The van der Waals surface area contributed by atoms with E-state index >= 15 is 0 Å². The molecule has 6 nitrogen and oxygen atoms in total. The SMILES string of the molecule is COc1ccc(-c2nnc3nc(C)cc(C)n23)cc1OC. The van der Waals surface area contributed by atoms with Crippen LogP contribution in [0.4, 0.5) is 0 Å². The van der Waals surface area contributed by atoms with Crippen molar-refractivity contribution in [1.29, 1.82) is 0 Å². The van der Waals surface area contributed by atoms with Crippen LogP contribution in [-0.4, -0.2) is 33.8 Å². The number of nitrogens with zero attached hydrogens (tertiary/aromatic N) is 4. The van der Waals surface area contributed by atoms with Crippen LogP contribution in [0.3, 0.4) is 0 Å². The van der Waals surface area contributed by atoms with Crippen molar-refractivity contribution in [2.24, 2.45) is 0 Å². The second kappa shape index (κ2) is 5.05. The van der Waals surface area contributed by atoms with Crippen LogP contribution in [0.5, 0.6) is 11.5 Å². The summed E-state index contributed by atoms with van der Waals surface area (Å²) in [6.45, 7) is 3.95. The Morgan fingerprint density at radius 2 is 1.71 bits per heavy atom. The molecule has 3 rings (SSSR count). The maximum Gasteiger partial charge on any atom is 0.255 e. The molecule has 0 amide bonds. The molecule has 0 atom stereocenters. The van der Waals surface area contributed by atoms with E-state index < -0.39 is 0 Å². The molecule has 0 aliphatic carbocycles. The number of hydrogen-bond acceptors (Lipinski definition) is 5. The third-order valence-corrected chi connectivity index (χ3v) is 3.33. The molecule has 0 saturated heterocycles. The highest BCUT2D eigenvalue weighted by molar-refractivity contribution is 5.63. The van der Waals surface area contributed by atoms with Crippen molar-refractivity contribution in [3.63, 3.8) is 0 Å². The quantitative estimate of drug-likeness (QED) is 0.739. The van der Waals surface area contributed by atoms with Crippen molar-refractivity contribution in [2.45, 2.75) is 13.8 Å². The highest BCUT2D eigenvalue weighted by Crippen LogP contribution is 2.31. The van der Waals surface area contributed by atoms with Gasteiger partial charge in [0.1, 0.15) is 0 Å².